The summed E-state index contributed by atoms with van der Waals surface area (Å²) in [4.78, 5) is 8.51. The van der Waals surface area contributed by atoms with Gasteiger partial charge in [0.15, 0.2) is 0 Å². The van der Waals surface area contributed by atoms with Gasteiger partial charge < -0.3 is 5.73 Å². The number of benzene rings is 1. The van der Waals surface area contributed by atoms with Gasteiger partial charge >= 0.3 is 0 Å². The maximum absolute atomic E-state index is 5.73. The summed E-state index contributed by atoms with van der Waals surface area (Å²) in [5, 5.41) is 7.62. The van der Waals surface area contributed by atoms with E-state index in [1.54, 1.807) is 12.4 Å². The van der Waals surface area contributed by atoms with Gasteiger partial charge in [0.25, 0.3) is 0 Å². The Labute approximate surface area is 105 Å². The van der Waals surface area contributed by atoms with Gasteiger partial charge in [0.1, 0.15) is 0 Å². The molecule has 0 amide bonds. The molecule has 0 aliphatic heterocycles. The van der Waals surface area contributed by atoms with Crippen LogP contribution in [-0.2, 0) is 0 Å². The van der Waals surface area contributed by atoms with Gasteiger partial charge in [-0.05, 0) is 22.0 Å². The lowest BCUT2D eigenvalue weighted by Gasteiger charge is -2.05. The van der Waals surface area contributed by atoms with Crippen LogP contribution in [0, 0.1) is 0 Å². The molecule has 5 nitrogen and oxygen atoms in total. The molecule has 84 valence electrons. The summed E-state index contributed by atoms with van der Waals surface area (Å²) >= 11 is 3.46. The van der Waals surface area contributed by atoms with Crippen molar-refractivity contribution in [2.24, 2.45) is 0 Å². The molecule has 6 heteroatoms. The number of rotatable bonds is 1. The van der Waals surface area contributed by atoms with Crippen LogP contribution in [0.5, 0.6) is 0 Å². The minimum atomic E-state index is 0.251. The normalized spacial score (nSPS) is 10.9. The number of fused-ring (bicyclic) bond motifs is 1. The highest BCUT2D eigenvalue weighted by atomic mass is 79.9. The van der Waals surface area contributed by atoms with Gasteiger partial charge in [0.2, 0.25) is 5.95 Å². The van der Waals surface area contributed by atoms with Crippen molar-refractivity contribution in [2.75, 3.05) is 5.73 Å². The first-order valence-corrected chi connectivity index (χ1v) is 5.76. The number of halogens is 1. The van der Waals surface area contributed by atoms with Crippen molar-refractivity contribution in [3.8, 4) is 11.3 Å². The highest BCUT2D eigenvalue weighted by molar-refractivity contribution is 9.10. The fraction of sp³-hybridized carbons (Fsp3) is 0. The SMILES string of the molecule is Nc1nc(-c2cn[nH]c2)c2cccc(Br)c2n1. The molecule has 0 saturated heterocycles. The molecule has 3 rings (SSSR count). The Hall–Kier alpha value is -1.95. The first-order chi connectivity index (χ1) is 8.25. The molecular formula is C11H8BrN5. The minimum Gasteiger partial charge on any atom is -0.368 e. The summed E-state index contributed by atoms with van der Waals surface area (Å²) in [7, 11) is 0. The monoisotopic (exact) mass is 289 g/mol. The van der Waals surface area contributed by atoms with Crippen molar-refractivity contribution in [3.05, 3.63) is 35.1 Å². The second kappa shape index (κ2) is 3.81. The van der Waals surface area contributed by atoms with Crippen LogP contribution in [-0.4, -0.2) is 20.2 Å². The summed E-state index contributed by atoms with van der Waals surface area (Å²) in [5.74, 6) is 0.251. The zero-order chi connectivity index (χ0) is 11.8. The molecule has 0 atom stereocenters. The number of anilines is 1. The number of para-hydroxylation sites is 1. The second-order valence-corrected chi connectivity index (χ2v) is 4.41. The second-order valence-electron chi connectivity index (χ2n) is 3.55. The Morgan fingerprint density at radius 2 is 2.12 bits per heavy atom. The summed E-state index contributed by atoms with van der Waals surface area (Å²) in [5.41, 5.74) is 8.20. The van der Waals surface area contributed by atoms with E-state index < -0.39 is 0 Å². The minimum absolute atomic E-state index is 0.251. The van der Waals surface area contributed by atoms with Crippen molar-refractivity contribution in [1.82, 2.24) is 20.2 Å². The topological polar surface area (TPSA) is 80.5 Å². The molecule has 2 aromatic heterocycles. The molecule has 0 aliphatic rings. The van der Waals surface area contributed by atoms with Gasteiger partial charge in [-0.3, -0.25) is 5.10 Å². The molecule has 3 aromatic rings. The molecule has 0 bridgehead atoms. The first-order valence-electron chi connectivity index (χ1n) is 4.96. The van der Waals surface area contributed by atoms with E-state index in [4.69, 9.17) is 5.73 Å². The molecular weight excluding hydrogens is 282 g/mol. The Morgan fingerprint density at radius 3 is 2.88 bits per heavy atom. The Balaban J connectivity index is 2.42. The summed E-state index contributed by atoms with van der Waals surface area (Å²) in [6.07, 6.45) is 3.49. The van der Waals surface area contributed by atoms with E-state index in [1.807, 2.05) is 18.2 Å². The molecule has 0 spiro atoms. The lowest BCUT2D eigenvalue weighted by atomic mass is 10.1. The summed E-state index contributed by atoms with van der Waals surface area (Å²) in [6.45, 7) is 0. The zero-order valence-electron chi connectivity index (χ0n) is 8.68. The predicted octanol–water partition coefficient (Wildman–Crippen LogP) is 2.36. The zero-order valence-corrected chi connectivity index (χ0v) is 10.3. The van der Waals surface area contributed by atoms with Crippen LogP contribution < -0.4 is 5.73 Å². The van der Waals surface area contributed by atoms with Crippen LogP contribution in [0.1, 0.15) is 0 Å². The Kier molecular flexibility index (Phi) is 2.29. The van der Waals surface area contributed by atoms with E-state index >= 15 is 0 Å². The van der Waals surface area contributed by atoms with Gasteiger partial charge in [-0.1, -0.05) is 12.1 Å². The third-order valence-electron chi connectivity index (χ3n) is 2.47. The van der Waals surface area contributed by atoms with Crippen LogP contribution in [0.15, 0.2) is 35.1 Å². The lowest BCUT2D eigenvalue weighted by molar-refractivity contribution is 1.09. The summed E-state index contributed by atoms with van der Waals surface area (Å²) < 4.78 is 0.897. The molecule has 0 saturated carbocycles. The number of hydrogen-bond donors (Lipinski definition) is 2. The number of nitrogens with two attached hydrogens (primary N) is 1. The van der Waals surface area contributed by atoms with E-state index in [1.165, 1.54) is 0 Å². The molecule has 2 heterocycles. The fourth-order valence-corrected chi connectivity index (χ4v) is 2.19. The van der Waals surface area contributed by atoms with Crippen molar-refractivity contribution >= 4 is 32.8 Å². The van der Waals surface area contributed by atoms with Gasteiger partial charge in [-0.25, -0.2) is 9.97 Å². The average molecular weight is 290 g/mol. The van der Waals surface area contributed by atoms with Crippen molar-refractivity contribution < 1.29 is 0 Å². The van der Waals surface area contributed by atoms with Gasteiger partial charge in [0.05, 0.1) is 17.4 Å². The molecule has 0 fully saturated rings. The Morgan fingerprint density at radius 1 is 1.24 bits per heavy atom. The van der Waals surface area contributed by atoms with Crippen molar-refractivity contribution in [1.29, 1.82) is 0 Å². The molecule has 3 N–H and O–H groups in total. The molecule has 0 unspecified atom stereocenters. The predicted molar refractivity (Wildman–Crippen MR) is 69.2 cm³/mol. The van der Waals surface area contributed by atoms with Crippen molar-refractivity contribution in [2.45, 2.75) is 0 Å². The number of nitrogen functional groups attached to an aromatic ring is 1. The van der Waals surface area contributed by atoms with Crippen LogP contribution in [0.2, 0.25) is 0 Å². The van der Waals surface area contributed by atoms with E-state index in [0.717, 1.165) is 26.6 Å². The molecule has 0 radical (unpaired) electrons. The number of aromatic nitrogens is 4. The Bertz CT molecular complexity index is 678. The highest BCUT2D eigenvalue weighted by Gasteiger charge is 2.10. The lowest BCUT2D eigenvalue weighted by Crippen LogP contribution is -1.98. The van der Waals surface area contributed by atoms with Crippen LogP contribution >= 0.6 is 15.9 Å². The standard InChI is InChI=1S/C11H8BrN5/c12-8-3-1-2-7-9(6-4-14-15-5-6)16-11(13)17-10(7)8/h1-5H,(H,14,15)(H2,13,16,17). The number of nitrogens with one attached hydrogen (secondary N) is 1. The van der Waals surface area contributed by atoms with Crippen LogP contribution in [0.3, 0.4) is 0 Å². The van der Waals surface area contributed by atoms with Crippen LogP contribution in [0.4, 0.5) is 5.95 Å². The third-order valence-corrected chi connectivity index (χ3v) is 3.11. The molecule has 0 aliphatic carbocycles. The van der Waals surface area contributed by atoms with Crippen molar-refractivity contribution in [3.63, 3.8) is 0 Å². The molecule has 17 heavy (non-hydrogen) atoms. The van der Waals surface area contributed by atoms with E-state index in [2.05, 4.69) is 36.1 Å². The van der Waals surface area contributed by atoms with Gasteiger partial charge in [-0.15, -0.1) is 0 Å². The number of nitrogens with zero attached hydrogens (tertiary/aromatic N) is 3. The van der Waals surface area contributed by atoms with E-state index in [0.29, 0.717) is 0 Å². The number of H-pyrrole nitrogens is 1. The average Bonchev–Trinajstić information content (AvgIpc) is 2.83. The number of aromatic amines is 1. The van der Waals surface area contributed by atoms with E-state index in [-0.39, 0.29) is 5.95 Å². The fourth-order valence-electron chi connectivity index (χ4n) is 1.73. The quantitative estimate of drug-likeness (QED) is 0.721. The van der Waals surface area contributed by atoms with E-state index in [9.17, 15) is 0 Å². The maximum atomic E-state index is 5.73. The number of hydrogen-bond acceptors (Lipinski definition) is 4. The third kappa shape index (κ3) is 1.66. The van der Waals surface area contributed by atoms with Gasteiger partial charge in [0, 0.05) is 21.6 Å². The first kappa shape index (κ1) is 10.2. The largest absolute Gasteiger partial charge is 0.368 e. The highest BCUT2D eigenvalue weighted by Crippen LogP contribution is 2.29. The molecule has 1 aromatic carbocycles. The van der Waals surface area contributed by atoms with Gasteiger partial charge in [-0.2, -0.15) is 5.10 Å². The van der Waals surface area contributed by atoms with Crippen LogP contribution in [0.25, 0.3) is 22.2 Å². The maximum Gasteiger partial charge on any atom is 0.221 e. The summed E-state index contributed by atoms with van der Waals surface area (Å²) in [6, 6.07) is 5.82. The smallest absolute Gasteiger partial charge is 0.221 e.